The highest BCUT2D eigenvalue weighted by atomic mass is 35.5. The molecule has 31 heavy (non-hydrogen) atoms. The van der Waals surface area contributed by atoms with Gasteiger partial charge in [-0.3, -0.25) is 14.3 Å². The van der Waals surface area contributed by atoms with Crippen LogP contribution < -0.4 is 5.56 Å². The summed E-state index contributed by atoms with van der Waals surface area (Å²) in [5.74, 6) is 0.161. The minimum atomic E-state index is -1.16. The average molecular weight is 459 g/mol. The maximum absolute atomic E-state index is 13.6. The molecule has 1 heterocycles. The topological polar surface area (TPSA) is 99.2 Å². The molecular weight excluding hydrogens is 439 g/mol. The fourth-order valence-corrected chi connectivity index (χ4v) is 4.06. The van der Waals surface area contributed by atoms with Crippen molar-refractivity contribution in [3.8, 4) is 11.8 Å². The average Bonchev–Trinajstić information content (AvgIpc) is 2.68. The highest BCUT2D eigenvalue weighted by molar-refractivity contribution is 6.39. The molecular formula is C22H20Cl2N4O3. The highest BCUT2D eigenvalue weighted by Crippen LogP contribution is 2.32. The summed E-state index contributed by atoms with van der Waals surface area (Å²) >= 11 is 12.6. The molecule has 9 heteroatoms. The Balaban J connectivity index is 2.47. The van der Waals surface area contributed by atoms with Gasteiger partial charge >= 0.3 is 6.09 Å². The maximum Gasteiger partial charge on any atom is 0.408 e. The van der Waals surface area contributed by atoms with E-state index in [1.807, 2.05) is 6.07 Å². The molecule has 0 saturated heterocycles. The molecule has 1 atom stereocenters. The first-order valence-electron chi connectivity index (χ1n) is 9.40. The van der Waals surface area contributed by atoms with Crippen LogP contribution in [0.1, 0.15) is 45.1 Å². The number of fused-ring (bicyclic) bond motifs is 1. The van der Waals surface area contributed by atoms with Crippen molar-refractivity contribution in [2.24, 2.45) is 0 Å². The Morgan fingerprint density at radius 3 is 2.45 bits per heavy atom. The summed E-state index contributed by atoms with van der Waals surface area (Å²) < 4.78 is 1.29. The molecule has 0 fully saturated rings. The summed E-state index contributed by atoms with van der Waals surface area (Å²) in [5.41, 5.74) is -0.390. The van der Waals surface area contributed by atoms with Gasteiger partial charge in [-0.05, 0) is 58.0 Å². The lowest BCUT2D eigenvalue weighted by molar-refractivity contribution is 0.0719. The maximum atomic E-state index is 13.6. The van der Waals surface area contributed by atoms with E-state index in [1.165, 1.54) is 27.7 Å². The standard InChI is InChI=1S/C22H20Cl2N4O3/c1-12(28(21(30)31)22(2,3)4)19-26-18-16(24)9-8-15(23)17(18)20(29)27(19)14-7-5-6-13(10-14)11-25/h5-10,12H,1-4H3,(H,30,31). The zero-order chi connectivity index (χ0) is 23.1. The summed E-state index contributed by atoms with van der Waals surface area (Å²) in [5, 5.41) is 19.7. The van der Waals surface area contributed by atoms with Crippen LogP contribution in [0.2, 0.25) is 10.0 Å². The van der Waals surface area contributed by atoms with Gasteiger partial charge in [0.05, 0.1) is 44.3 Å². The molecule has 0 saturated carbocycles. The van der Waals surface area contributed by atoms with Gasteiger partial charge in [0, 0.05) is 5.54 Å². The lowest BCUT2D eigenvalue weighted by Crippen LogP contribution is -2.47. The monoisotopic (exact) mass is 458 g/mol. The van der Waals surface area contributed by atoms with Gasteiger partial charge in [0.2, 0.25) is 0 Å². The number of hydrogen-bond donors (Lipinski definition) is 1. The molecule has 0 aliphatic rings. The predicted molar refractivity (Wildman–Crippen MR) is 120 cm³/mol. The predicted octanol–water partition coefficient (Wildman–Crippen LogP) is 5.40. The van der Waals surface area contributed by atoms with E-state index in [0.29, 0.717) is 11.3 Å². The summed E-state index contributed by atoms with van der Waals surface area (Å²) in [6.45, 7) is 6.90. The second kappa shape index (κ2) is 8.22. The van der Waals surface area contributed by atoms with E-state index in [1.54, 1.807) is 45.9 Å². The Bertz CT molecular complexity index is 1290. The molecule has 0 bridgehead atoms. The zero-order valence-corrected chi connectivity index (χ0v) is 18.9. The quantitative estimate of drug-likeness (QED) is 0.565. The van der Waals surface area contributed by atoms with Crippen molar-refractivity contribution in [1.29, 1.82) is 5.26 Å². The first-order chi connectivity index (χ1) is 14.5. The molecule has 0 aliphatic carbocycles. The molecule has 1 amide bonds. The zero-order valence-electron chi connectivity index (χ0n) is 17.3. The van der Waals surface area contributed by atoms with Crippen molar-refractivity contribution in [1.82, 2.24) is 14.5 Å². The van der Waals surface area contributed by atoms with Gasteiger partial charge in [-0.1, -0.05) is 29.3 Å². The van der Waals surface area contributed by atoms with Crippen molar-refractivity contribution in [3.63, 3.8) is 0 Å². The van der Waals surface area contributed by atoms with Crippen molar-refractivity contribution in [2.75, 3.05) is 0 Å². The summed E-state index contributed by atoms with van der Waals surface area (Å²) in [4.78, 5) is 31.5. The number of amides is 1. The number of benzene rings is 2. The van der Waals surface area contributed by atoms with Crippen molar-refractivity contribution in [3.05, 3.63) is 68.2 Å². The first kappa shape index (κ1) is 22.6. The second-order valence-corrected chi connectivity index (χ2v) is 8.84. The van der Waals surface area contributed by atoms with Crippen LogP contribution in [0.15, 0.2) is 41.2 Å². The first-order valence-corrected chi connectivity index (χ1v) is 10.2. The van der Waals surface area contributed by atoms with Gasteiger partial charge in [-0.15, -0.1) is 0 Å². The number of hydrogen-bond acceptors (Lipinski definition) is 4. The summed E-state index contributed by atoms with van der Waals surface area (Å²) in [6, 6.07) is 10.7. The Morgan fingerprint density at radius 2 is 1.87 bits per heavy atom. The molecule has 0 aliphatic heterocycles. The smallest absolute Gasteiger partial charge is 0.408 e. The van der Waals surface area contributed by atoms with Gasteiger partial charge < -0.3 is 5.11 Å². The van der Waals surface area contributed by atoms with Crippen LogP contribution in [0.4, 0.5) is 4.79 Å². The number of carbonyl (C=O) groups is 1. The number of carboxylic acid groups (broad SMARTS) is 1. The van der Waals surface area contributed by atoms with Crippen molar-refractivity contribution < 1.29 is 9.90 Å². The Hall–Kier alpha value is -3.08. The molecule has 1 aromatic heterocycles. The molecule has 1 unspecified atom stereocenters. The minimum absolute atomic E-state index is 0.116. The third kappa shape index (κ3) is 4.09. The second-order valence-electron chi connectivity index (χ2n) is 8.02. The van der Waals surface area contributed by atoms with Crippen LogP contribution in [0.5, 0.6) is 0 Å². The Labute approximate surface area is 189 Å². The molecule has 0 spiro atoms. The highest BCUT2D eigenvalue weighted by Gasteiger charge is 2.35. The number of aromatic nitrogens is 2. The van der Waals surface area contributed by atoms with Crippen molar-refractivity contribution >= 4 is 40.2 Å². The van der Waals surface area contributed by atoms with Gasteiger partial charge in [0.25, 0.3) is 5.56 Å². The molecule has 1 N–H and O–H groups in total. The molecule has 2 aromatic carbocycles. The van der Waals surface area contributed by atoms with Gasteiger partial charge in [-0.25, -0.2) is 9.78 Å². The van der Waals surface area contributed by atoms with Crippen LogP contribution in [0.25, 0.3) is 16.6 Å². The van der Waals surface area contributed by atoms with Gasteiger partial charge in [-0.2, -0.15) is 5.26 Å². The van der Waals surface area contributed by atoms with E-state index in [9.17, 15) is 20.0 Å². The van der Waals surface area contributed by atoms with Crippen molar-refractivity contribution in [2.45, 2.75) is 39.3 Å². The van der Waals surface area contributed by atoms with Gasteiger partial charge in [0.15, 0.2) is 0 Å². The van der Waals surface area contributed by atoms with E-state index < -0.39 is 23.2 Å². The Morgan fingerprint density at radius 1 is 1.23 bits per heavy atom. The number of halogens is 2. The minimum Gasteiger partial charge on any atom is -0.465 e. The number of nitrogens with zero attached hydrogens (tertiary/aromatic N) is 4. The number of rotatable bonds is 3. The van der Waals surface area contributed by atoms with Crippen LogP contribution >= 0.6 is 23.2 Å². The largest absolute Gasteiger partial charge is 0.465 e. The SMILES string of the molecule is CC(c1nc2c(Cl)ccc(Cl)c2c(=O)n1-c1cccc(C#N)c1)N(C(=O)O)C(C)(C)C. The molecule has 0 radical (unpaired) electrons. The third-order valence-corrected chi connectivity index (χ3v) is 5.49. The van der Waals surface area contributed by atoms with Crippen LogP contribution in [0.3, 0.4) is 0 Å². The normalized spacial score (nSPS) is 12.4. The van der Waals surface area contributed by atoms with E-state index in [-0.39, 0.29) is 26.8 Å². The molecule has 7 nitrogen and oxygen atoms in total. The van der Waals surface area contributed by atoms with E-state index in [4.69, 9.17) is 23.2 Å². The molecule has 3 aromatic rings. The fourth-order valence-electron chi connectivity index (χ4n) is 3.63. The molecule has 3 rings (SSSR count). The van der Waals surface area contributed by atoms with E-state index in [2.05, 4.69) is 4.98 Å². The number of nitriles is 1. The third-order valence-electron chi connectivity index (χ3n) is 4.87. The fraction of sp³-hybridized carbons (Fsp3) is 0.273. The van der Waals surface area contributed by atoms with Gasteiger partial charge in [0.1, 0.15) is 5.82 Å². The van der Waals surface area contributed by atoms with E-state index in [0.717, 1.165) is 0 Å². The van der Waals surface area contributed by atoms with Crippen LogP contribution in [-0.2, 0) is 0 Å². The Kier molecular flexibility index (Phi) is 5.99. The summed E-state index contributed by atoms with van der Waals surface area (Å²) in [6.07, 6.45) is -1.16. The molecule has 160 valence electrons. The lowest BCUT2D eigenvalue weighted by Gasteiger charge is -2.38. The van der Waals surface area contributed by atoms with E-state index >= 15 is 0 Å². The van der Waals surface area contributed by atoms with Crippen LogP contribution in [0, 0.1) is 11.3 Å². The van der Waals surface area contributed by atoms with Crippen LogP contribution in [-0.4, -0.2) is 31.2 Å². The lowest BCUT2D eigenvalue weighted by atomic mass is 10.0. The summed E-state index contributed by atoms with van der Waals surface area (Å²) in [7, 11) is 0.